The second-order valence-electron chi connectivity index (χ2n) is 3.30. The van der Waals surface area contributed by atoms with Gasteiger partial charge in [0.05, 0.1) is 12.8 Å². The maximum absolute atomic E-state index is 11.1. The first-order valence-electron chi connectivity index (χ1n) is 5.25. The van der Waals surface area contributed by atoms with Crippen LogP contribution in [0.4, 0.5) is 0 Å². The third-order valence-corrected chi connectivity index (χ3v) is 1.67. The summed E-state index contributed by atoms with van der Waals surface area (Å²) in [4.78, 5) is 32.2. The van der Waals surface area contributed by atoms with Crippen LogP contribution in [0.2, 0.25) is 0 Å². The smallest absolute Gasteiger partial charge is 0.332 e. The lowest BCUT2D eigenvalue weighted by Crippen LogP contribution is -2.26. The van der Waals surface area contributed by atoms with Crippen molar-refractivity contribution in [3.63, 3.8) is 0 Å². The Kier molecular flexibility index (Phi) is 7.37. The summed E-state index contributed by atoms with van der Waals surface area (Å²) in [6.07, 6.45) is -1.43. The van der Waals surface area contributed by atoms with E-state index in [1.807, 2.05) is 0 Å². The highest BCUT2D eigenvalue weighted by Gasteiger charge is 2.15. The van der Waals surface area contributed by atoms with Crippen LogP contribution in [-0.4, -0.2) is 35.6 Å². The van der Waals surface area contributed by atoms with Gasteiger partial charge in [-0.1, -0.05) is 6.58 Å². The van der Waals surface area contributed by atoms with Crippen molar-refractivity contribution < 1.29 is 33.7 Å². The fourth-order valence-electron chi connectivity index (χ4n) is 0.990. The van der Waals surface area contributed by atoms with Gasteiger partial charge in [0, 0.05) is 6.08 Å². The zero-order valence-electron chi connectivity index (χ0n) is 10.3. The Bertz CT molecular complexity index is 323. The molecule has 7 nitrogen and oxygen atoms in total. The molecule has 0 aliphatic rings. The maximum atomic E-state index is 11.1. The first-order chi connectivity index (χ1) is 8.35. The zero-order chi connectivity index (χ0) is 14.1. The number of hydrogen-bond donors (Lipinski definition) is 1. The topological polar surface area (TPSA) is 99.1 Å². The molecule has 2 unspecified atom stereocenters. The SMILES string of the molecule is C=CC(=O)OC(C)OC(C)OC(=O)CCC(=O)O. The number of carboxylic acids is 1. The summed E-state index contributed by atoms with van der Waals surface area (Å²) in [7, 11) is 0. The van der Waals surface area contributed by atoms with E-state index in [2.05, 4.69) is 11.3 Å². The molecular weight excluding hydrogens is 244 g/mol. The normalized spacial score (nSPS) is 13.2. The highest BCUT2D eigenvalue weighted by Crippen LogP contribution is 2.04. The second kappa shape index (κ2) is 8.24. The van der Waals surface area contributed by atoms with Crippen LogP contribution in [-0.2, 0) is 28.6 Å². The highest BCUT2D eigenvalue weighted by molar-refractivity contribution is 5.81. The molecule has 102 valence electrons. The molecule has 0 spiro atoms. The lowest BCUT2D eigenvalue weighted by atomic mass is 10.3. The van der Waals surface area contributed by atoms with E-state index < -0.39 is 30.5 Å². The number of hydrogen-bond acceptors (Lipinski definition) is 6. The first kappa shape index (κ1) is 16.1. The van der Waals surface area contributed by atoms with Crippen LogP contribution in [0.1, 0.15) is 26.7 Å². The Morgan fingerprint density at radius 1 is 1.17 bits per heavy atom. The quantitative estimate of drug-likeness (QED) is 0.392. The number of carbonyl (C=O) groups excluding carboxylic acids is 2. The summed E-state index contributed by atoms with van der Waals surface area (Å²) in [5, 5.41) is 8.36. The number of esters is 2. The summed E-state index contributed by atoms with van der Waals surface area (Å²) in [5.41, 5.74) is 0. The number of aliphatic carboxylic acids is 1. The van der Waals surface area contributed by atoms with Gasteiger partial charge in [-0.25, -0.2) is 4.79 Å². The number of carboxylic acid groups (broad SMARTS) is 1. The predicted molar refractivity (Wildman–Crippen MR) is 59.3 cm³/mol. The van der Waals surface area contributed by atoms with Gasteiger partial charge in [0.25, 0.3) is 0 Å². The average molecular weight is 260 g/mol. The van der Waals surface area contributed by atoms with Gasteiger partial charge < -0.3 is 19.3 Å². The van der Waals surface area contributed by atoms with Crippen molar-refractivity contribution in [1.82, 2.24) is 0 Å². The van der Waals surface area contributed by atoms with Crippen LogP contribution in [0.15, 0.2) is 12.7 Å². The second-order valence-corrected chi connectivity index (χ2v) is 3.30. The highest BCUT2D eigenvalue weighted by atomic mass is 16.8. The van der Waals surface area contributed by atoms with Gasteiger partial charge in [-0.3, -0.25) is 9.59 Å². The van der Waals surface area contributed by atoms with Gasteiger partial charge in [-0.05, 0) is 13.8 Å². The molecule has 18 heavy (non-hydrogen) atoms. The van der Waals surface area contributed by atoms with Crippen molar-refractivity contribution >= 4 is 17.9 Å². The minimum absolute atomic E-state index is 0.246. The van der Waals surface area contributed by atoms with E-state index in [0.29, 0.717) is 0 Å². The summed E-state index contributed by atoms with van der Waals surface area (Å²) >= 11 is 0. The van der Waals surface area contributed by atoms with Gasteiger partial charge in [-0.15, -0.1) is 0 Å². The van der Waals surface area contributed by atoms with Crippen LogP contribution < -0.4 is 0 Å². The van der Waals surface area contributed by atoms with Crippen molar-refractivity contribution in [2.24, 2.45) is 0 Å². The molecule has 1 N–H and O–H groups in total. The first-order valence-corrected chi connectivity index (χ1v) is 5.25. The summed E-state index contributed by atoms with van der Waals surface area (Å²) in [6, 6.07) is 0. The lowest BCUT2D eigenvalue weighted by Gasteiger charge is -2.18. The third-order valence-electron chi connectivity index (χ3n) is 1.67. The van der Waals surface area contributed by atoms with Gasteiger partial charge >= 0.3 is 17.9 Å². The zero-order valence-corrected chi connectivity index (χ0v) is 10.3. The van der Waals surface area contributed by atoms with E-state index in [9.17, 15) is 14.4 Å². The molecule has 0 aromatic rings. The maximum Gasteiger partial charge on any atom is 0.332 e. The molecule has 0 aromatic carbocycles. The minimum Gasteiger partial charge on any atom is -0.481 e. The third kappa shape index (κ3) is 8.28. The summed E-state index contributed by atoms with van der Waals surface area (Å²) in [5.74, 6) is -2.45. The molecule has 0 rings (SSSR count). The van der Waals surface area contributed by atoms with Gasteiger partial charge in [0.15, 0.2) is 0 Å². The molecule has 2 atom stereocenters. The number of rotatable bonds is 8. The monoisotopic (exact) mass is 260 g/mol. The molecule has 0 amide bonds. The Balaban J connectivity index is 3.91. The molecule has 0 radical (unpaired) electrons. The minimum atomic E-state index is -1.09. The predicted octanol–water partition coefficient (Wildman–Crippen LogP) is 0.832. The molecule has 0 aromatic heterocycles. The van der Waals surface area contributed by atoms with E-state index in [-0.39, 0.29) is 12.8 Å². The van der Waals surface area contributed by atoms with Crippen molar-refractivity contribution in [2.45, 2.75) is 39.3 Å². The van der Waals surface area contributed by atoms with Crippen LogP contribution in [0.5, 0.6) is 0 Å². The van der Waals surface area contributed by atoms with Crippen molar-refractivity contribution in [3.05, 3.63) is 12.7 Å². The Labute approximate surface area is 104 Å². The van der Waals surface area contributed by atoms with E-state index in [4.69, 9.17) is 14.6 Å². The fraction of sp³-hybridized carbons (Fsp3) is 0.545. The Morgan fingerprint density at radius 2 is 1.72 bits per heavy atom. The molecule has 0 heterocycles. The molecule has 0 aliphatic carbocycles. The summed E-state index contributed by atoms with van der Waals surface area (Å²) in [6.45, 7) is 6.09. The standard InChI is InChI=1S/C11H16O7/c1-4-10(14)17-7(2)16-8(3)18-11(15)6-5-9(12)13/h4,7-8H,1,5-6H2,2-3H3,(H,12,13). The van der Waals surface area contributed by atoms with Crippen molar-refractivity contribution in [2.75, 3.05) is 0 Å². The fourth-order valence-corrected chi connectivity index (χ4v) is 0.990. The molecule has 0 saturated carbocycles. The van der Waals surface area contributed by atoms with Gasteiger partial charge in [0.1, 0.15) is 0 Å². The molecule has 7 heteroatoms. The van der Waals surface area contributed by atoms with E-state index in [0.717, 1.165) is 6.08 Å². The van der Waals surface area contributed by atoms with Crippen molar-refractivity contribution in [1.29, 1.82) is 0 Å². The molecule has 0 fully saturated rings. The van der Waals surface area contributed by atoms with Crippen LogP contribution in [0.25, 0.3) is 0 Å². The molecular formula is C11H16O7. The number of ether oxygens (including phenoxy) is 3. The van der Waals surface area contributed by atoms with Gasteiger partial charge in [-0.2, -0.15) is 0 Å². The van der Waals surface area contributed by atoms with E-state index >= 15 is 0 Å². The molecule has 0 aliphatic heterocycles. The lowest BCUT2D eigenvalue weighted by molar-refractivity contribution is -0.225. The average Bonchev–Trinajstić information content (AvgIpc) is 2.25. The van der Waals surface area contributed by atoms with Crippen molar-refractivity contribution in [3.8, 4) is 0 Å². The van der Waals surface area contributed by atoms with Crippen LogP contribution in [0.3, 0.4) is 0 Å². The Morgan fingerprint density at radius 3 is 2.22 bits per heavy atom. The summed E-state index contributed by atoms with van der Waals surface area (Å²) < 4.78 is 14.4. The van der Waals surface area contributed by atoms with E-state index in [1.54, 1.807) is 0 Å². The van der Waals surface area contributed by atoms with Gasteiger partial charge in [0.2, 0.25) is 12.6 Å². The van der Waals surface area contributed by atoms with E-state index in [1.165, 1.54) is 13.8 Å². The Hall–Kier alpha value is -1.89. The largest absolute Gasteiger partial charge is 0.481 e. The molecule has 0 saturated heterocycles. The number of carbonyl (C=O) groups is 3. The van der Waals surface area contributed by atoms with Crippen LogP contribution in [0, 0.1) is 0 Å². The molecule has 0 bridgehead atoms. The van der Waals surface area contributed by atoms with Crippen LogP contribution >= 0.6 is 0 Å².